The zero-order chi connectivity index (χ0) is 12.3. The fourth-order valence-electron chi connectivity index (χ4n) is 1.41. The molecule has 2 aromatic rings. The second kappa shape index (κ2) is 5.35. The van der Waals surface area contributed by atoms with E-state index in [1.165, 1.54) is 0 Å². The summed E-state index contributed by atoms with van der Waals surface area (Å²) in [4.78, 5) is 5.50. The fourth-order valence-corrected chi connectivity index (χ4v) is 2.91. The molecule has 0 atom stereocenters. The monoisotopic (exact) mass is 304 g/mol. The Balaban J connectivity index is 2.30. The van der Waals surface area contributed by atoms with Crippen molar-refractivity contribution in [3.05, 3.63) is 52.1 Å². The van der Waals surface area contributed by atoms with Crippen LogP contribution in [0.2, 0.25) is 0 Å². The summed E-state index contributed by atoms with van der Waals surface area (Å²) in [6.45, 7) is 1.89. The molecule has 0 aliphatic heterocycles. The highest BCUT2D eigenvalue weighted by Crippen LogP contribution is 2.28. The summed E-state index contributed by atoms with van der Waals surface area (Å²) in [6, 6.07) is 13.7. The van der Waals surface area contributed by atoms with Gasteiger partial charge in [-0.2, -0.15) is 5.26 Å². The predicted octanol–water partition coefficient (Wildman–Crippen LogP) is 4.18. The first kappa shape index (κ1) is 12.2. The Hall–Kier alpha value is -1.31. The lowest BCUT2D eigenvalue weighted by atomic mass is 10.2. The molecule has 1 aromatic heterocycles. The van der Waals surface area contributed by atoms with Crippen LogP contribution >= 0.6 is 27.7 Å². The highest BCUT2D eigenvalue weighted by atomic mass is 79.9. The maximum atomic E-state index is 8.90. The third kappa shape index (κ3) is 3.32. The second-order valence-electron chi connectivity index (χ2n) is 3.51. The molecule has 1 heterocycles. The number of aryl methyl sites for hydroxylation is 1. The molecule has 0 aliphatic rings. The molecule has 1 aromatic carbocycles. The van der Waals surface area contributed by atoms with E-state index < -0.39 is 0 Å². The van der Waals surface area contributed by atoms with E-state index in [-0.39, 0.29) is 0 Å². The maximum absolute atomic E-state index is 8.90. The highest BCUT2D eigenvalue weighted by molar-refractivity contribution is 9.10. The summed E-state index contributed by atoms with van der Waals surface area (Å²) >= 11 is 4.99. The molecule has 0 unspecified atom stereocenters. The first-order valence-electron chi connectivity index (χ1n) is 4.99. The van der Waals surface area contributed by atoms with Crippen LogP contribution in [0.1, 0.15) is 11.3 Å². The van der Waals surface area contributed by atoms with Crippen LogP contribution in [0.4, 0.5) is 0 Å². The number of nitrogens with zero attached hydrogens (tertiary/aromatic N) is 2. The van der Waals surface area contributed by atoms with E-state index in [0.717, 1.165) is 20.1 Å². The van der Waals surface area contributed by atoms with Gasteiger partial charge in [0.2, 0.25) is 0 Å². The largest absolute Gasteiger partial charge is 0.246 e. The van der Waals surface area contributed by atoms with Gasteiger partial charge in [0.25, 0.3) is 0 Å². The lowest BCUT2D eigenvalue weighted by Gasteiger charge is -2.03. The Bertz CT molecular complexity index is 590. The van der Waals surface area contributed by atoms with Gasteiger partial charge >= 0.3 is 0 Å². The average Bonchev–Trinajstić information content (AvgIpc) is 2.28. The highest BCUT2D eigenvalue weighted by Gasteiger charge is 2.02. The Labute approximate surface area is 113 Å². The van der Waals surface area contributed by atoms with Gasteiger partial charge in [-0.3, -0.25) is 0 Å². The Morgan fingerprint density at radius 1 is 1.29 bits per heavy atom. The molecule has 0 saturated heterocycles. The molecule has 0 N–H and O–H groups in total. The lowest BCUT2D eigenvalue weighted by molar-refractivity contribution is 1.06. The van der Waals surface area contributed by atoms with Crippen molar-refractivity contribution in [1.29, 1.82) is 5.26 Å². The minimum Gasteiger partial charge on any atom is -0.246 e. The molecular formula is C13H9BrN2S. The lowest BCUT2D eigenvalue weighted by Crippen LogP contribution is -1.87. The fraction of sp³-hybridized carbons (Fsp3) is 0.0769. The molecule has 17 heavy (non-hydrogen) atoms. The van der Waals surface area contributed by atoms with Gasteiger partial charge in [0.05, 0.1) is 11.6 Å². The van der Waals surface area contributed by atoms with E-state index in [4.69, 9.17) is 5.26 Å². The average molecular weight is 305 g/mol. The first-order chi connectivity index (χ1) is 8.17. The van der Waals surface area contributed by atoms with Crippen molar-refractivity contribution < 1.29 is 0 Å². The van der Waals surface area contributed by atoms with Gasteiger partial charge in [0, 0.05) is 15.1 Å². The van der Waals surface area contributed by atoms with Crippen molar-refractivity contribution in [3.63, 3.8) is 0 Å². The number of benzene rings is 1. The van der Waals surface area contributed by atoms with Gasteiger partial charge in [0.1, 0.15) is 5.03 Å². The van der Waals surface area contributed by atoms with Crippen molar-refractivity contribution in [2.75, 3.05) is 0 Å². The summed E-state index contributed by atoms with van der Waals surface area (Å²) < 4.78 is 1.04. The summed E-state index contributed by atoms with van der Waals surface area (Å²) in [5.74, 6) is 0. The number of rotatable bonds is 2. The van der Waals surface area contributed by atoms with Crippen molar-refractivity contribution in [1.82, 2.24) is 4.98 Å². The molecule has 0 bridgehead atoms. The van der Waals surface area contributed by atoms with E-state index in [1.807, 2.05) is 31.2 Å². The standard InChI is InChI=1S/C13H9BrN2S/c1-9-5-10(8-15)6-13(16-9)17-12-4-2-3-11(14)7-12/h2-7H,1H3. The summed E-state index contributed by atoms with van der Waals surface area (Å²) in [7, 11) is 0. The molecule has 4 heteroatoms. The number of aromatic nitrogens is 1. The molecule has 2 nitrogen and oxygen atoms in total. The first-order valence-corrected chi connectivity index (χ1v) is 6.60. The van der Waals surface area contributed by atoms with Gasteiger partial charge in [0.15, 0.2) is 0 Å². The second-order valence-corrected chi connectivity index (χ2v) is 5.52. The molecule has 0 radical (unpaired) electrons. The Kier molecular flexibility index (Phi) is 3.82. The zero-order valence-corrected chi connectivity index (χ0v) is 11.5. The van der Waals surface area contributed by atoms with E-state index >= 15 is 0 Å². The molecular weight excluding hydrogens is 296 g/mol. The van der Waals surface area contributed by atoms with E-state index in [2.05, 4.69) is 27.0 Å². The summed E-state index contributed by atoms with van der Waals surface area (Å²) in [5.41, 5.74) is 1.51. The van der Waals surface area contributed by atoms with Gasteiger partial charge in [-0.1, -0.05) is 33.8 Å². The van der Waals surface area contributed by atoms with Crippen LogP contribution in [0.25, 0.3) is 0 Å². The number of halogens is 1. The van der Waals surface area contributed by atoms with Crippen LogP contribution < -0.4 is 0 Å². The molecule has 0 aliphatic carbocycles. The SMILES string of the molecule is Cc1cc(C#N)cc(Sc2cccc(Br)c2)n1. The smallest absolute Gasteiger partial charge is 0.102 e. The summed E-state index contributed by atoms with van der Waals surface area (Å²) in [6.07, 6.45) is 0. The minimum atomic E-state index is 0.648. The molecule has 0 saturated carbocycles. The van der Waals surface area contributed by atoms with Gasteiger partial charge in [-0.25, -0.2) is 4.98 Å². The van der Waals surface area contributed by atoms with Gasteiger partial charge < -0.3 is 0 Å². The quantitative estimate of drug-likeness (QED) is 0.835. The van der Waals surface area contributed by atoms with E-state index in [0.29, 0.717) is 5.56 Å². The van der Waals surface area contributed by atoms with Crippen LogP contribution in [-0.4, -0.2) is 4.98 Å². The molecule has 2 rings (SSSR count). The predicted molar refractivity (Wildman–Crippen MR) is 72.0 cm³/mol. The van der Waals surface area contributed by atoms with Crippen molar-refractivity contribution >= 4 is 27.7 Å². The van der Waals surface area contributed by atoms with Gasteiger partial charge in [-0.05, 0) is 37.3 Å². The van der Waals surface area contributed by atoms with Crippen LogP contribution in [-0.2, 0) is 0 Å². The van der Waals surface area contributed by atoms with Crippen molar-refractivity contribution in [2.45, 2.75) is 16.8 Å². The number of hydrogen-bond acceptors (Lipinski definition) is 3. The van der Waals surface area contributed by atoms with E-state index in [1.54, 1.807) is 23.9 Å². The topological polar surface area (TPSA) is 36.7 Å². The Morgan fingerprint density at radius 2 is 2.12 bits per heavy atom. The molecule has 0 spiro atoms. The zero-order valence-electron chi connectivity index (χ0n) is 9.14. The maximum Gasteiger partial charge on any atom is 0.102 e. The minimum absolute atomic E-state index is 0.648. The number of nitriles is 1. The number of hydrogen-bond donors (Lipinski definition) is 0. The molecule has 84 valence electrons. The van der Waals surface area contributed by atoms with Crippen LogP contribution in [0.3, 0.4) is 0 Å². The van der Waals surface area contributed by atoms with Crippen LogP contribution in [0.15, 0.2) is 50.8 Å². The van der Waals surface area contributed by atoms with E-state index in [9.17, 15) is 0 Å². The molecule has 0 amide bonds. The van der Waals surface area contributed by atoms with Crippen molar-refractivity contribution in [2.24, 2.45) is 0 Å². The molecule has 0 fully saturated rings. The normalized spacial score (nSPS) is 9.94. The number of pyridine rings is 1. The van der Waals surface area contributed by atoms with Crippen molar-refractivity contribution in [3.8, 4) is 6.07 Å². The van der Waals surface area contributed by atoms with Crippen LogP contribution in [0.5, 0.6) is 0 Å². The summed E-state index contributed by atoms with van der Waals surface area (Å²) in [5, 5.41) is 9.75. The Morgan fingerprint density at radius 3 is 2.82 bits per heavy atom. The third-order valence-electron chi connectivity index (χ3n) is 2.08. The van der Waals surface area contributed by atoms with Crippen LogP contribution in [0, 0.1) is 18.3 Å². The van der Waals surface area contributed by atoms with Gasteiger partial charge in [-0.15, -0.1) is 0 Å². The third-order valence-corrected chi connectivity index (χ3v) is 3.48.